The summed E-state index contributed by atoms with van der Waals surface area (Å²) >= 11 is 0. The molecule has 0 radical (unpaired) electrons. The summed E-state index contributed by atoms with van der Waals surface area (Å²) < 4.78 is 4.38. The average molecular weight is 143 g/mol. The van der Waals surface area contributed by atoms with Crippen LogP contribution < -0.4 is 5.48 Å². The van der Waals surface area contributed by atoms with Crippen molar-refractivity contribution in [1.29, 1.82) is 0 Å². The van der Waals surface area contributed by atoms with Crippen molar-refractivity contribution in [2.24, 2.45) is 0 Å². The molecule has 0 fully saturated rings. The Morgan fingerprint density at radius 3 is 3.00 bits per heavy atom. The summed E-state index contributed by atoms with van der Waals surface area (Å²) in [6, 6.07) is 0. The van der Waals surface area contributed by atoms with Gasteiger partial charge >= 0.3 is 6.09 Å². The average Bonchev–Trinajstić information content (AvgIpc) is 1.97. The van der Waals surface area contributed by atoms with E-state index in [1.54, 1.807) is 6.92 Å². The third-order valence-electron chi connectivity index (χ3n) is 0.586. The minimum atomic E-state index is -0.667. The Morgan fingerprint density at radius 1 is 1.80 bits per heavy atom. The maximum absolute atomic E-state index is 10.4. The van der Waals surface area contributed by atoms with Gasteiger partial charge in [-0.15, -0.1) is 6.42 Å². The van der Waals surface area contributed by atoms with E-state index in [1.165, 1.54) is 0 Å². The van der Waals surface area contributed by atoms with E-state index < -0.39 is 6.09 Å². The Morgan fingerprint density at radius 2 is 2.50 bits per heavy atom. The molecule has 4 nitrogen and oxygen atoms in total. The molecule has 4 heteroatoms. The first-order chi connectivity index (χ1) is 4.81. The van der Waals surface area contributed by atoms with Crippen LogP contribution in [-0.4, -0.2) is 19.3 Å². The summed E-state index contributed by atoms with van der Waals surface area (Å²) in [6.07, 6.45) is 4.14. The second kappa shape index (κ2) is 5.92. The molecule has 56 valence electrons. The van der Waals surface area contributed by atoms with Crippen molar-refractivity contribution >= 4 is 6.09 Å². The van der Waals surface area contributed by atoms with Crippen LogP contribution in [0.3, 0.4) is 0 Å². The molecule has 10 heavy (non-hydrogen) atoms. The molecule has 0 aliphatic rings. The van der Waals surface area contributed by atoms with Gasteiger partial charge in [-0.1, -0.05) is 5.92 Å². The van der Waals surface area contributed by atoms with E-state index in [1.807, 2.05) is 5.48 Å². The summed E-state index contributed by atoms with van der Waals surface area (Å²) in [6.45, 7) is 2.09. The first-order valence-electron chi connectivity index (χ1n) is 2.79. The molecule has 0 saturated heterocycles. The van der Waals surface area contributed by atoms with Crippen molar-refractivity contribution in [3.05, 3.63) is 0 Å². The number of hydrogen-bond donors (Lipinski definition) is 1. The summed E-state index contributed by atoms with van der Waals surface area (Å²) in [5.41, 5.74) is 2.01. The quantitative estimate of drug-likeness (QED) is 0.456. The van der Waals surface area contributed by atoms with Crippen molar-refractivity contribution in [2.45, 2.75) is 6.92 Å². The van der Waals surface area contributed by atoms with Gasteiger partial charge in [0.25, 0.3) is 0 Å². The lowest BCUT2D eigenvalue weighted by Gasteiger charge is -2.01. The van der Waals surface area contributed by atoms with Gasteiger partial charge in [-0.25, -0.2) is 4.79 Å². The molecule has 0 spiro atoms. The topological polar surface area (TPSA) is 47.6 Å². The molecule has 0 rings (SSSR count). The molecule has 1 N–H and O–H groups in total. The van der Waals surface area contributed by atoms with Gasteiger partial charge in [0.1, 0.15) is 0 Å². The standard InChI is InChI=1S/C6H9NO3/c1-3-5-9-6(8)7-10-4-2/h1H,4-5H2,2H3,(H,7,8). The zero-order valence-electron chi connectivity index (χ0n) is 5.72. The number of carbonyl (C=O) groups is 1. The van der Waals surface area contributed by atoms with Crippen LogP contribution in [0, 0.1) is 12.3 Å². The third kappa shape index (κ3) is 4.94. The predicted octanol–water partition coefficient (Wildman–Crippen LogP) is 0.297. The van der Waals surface area contributed by atoms with Crippen LogP contribution in [0.5, 0.6) is 0 Å². The molecule has 0 unspecified atom stereocenters. The lowest BCUT2D eigenvalue weighted by Crippen LogP contribution is -2.24. The van der Waals surface area contributed by atoms with Gasteiger partial charge in [0.15, 0.2) is 6.61 Å². The normalized spacial score (nSPS) is 8.00. The van der Waals surface area contributed by atoms with Crippen LogP contribution in [0.4, 0.5) is 4.79 Å². The smallest absolute Gasteiger partial charge is 0.432 e. The van der Waals surface area contributed by atoms with Crippen molar-refractivity contribution in [3.63, 3.8) is 0 Å². The van der Waals surface area contributed by atoms with Crippen LogP contribution >= 0.6 is 0 Å². The van der Waals surface area contributed by atoms with Crippen LogP contribution in [0.2, 0.25) is 0 Å². The van der Waals surface area contributed by atoms with E-state index in [2.05, 4.69) is 15.5 Å². The minimum Gasteiger partial charge on any atom is -0.435 e. The highest BCUT2D eigenvalue weighted by atomic mass is 16.7. The van der Waals surface area contributed by atoms with Crippen molar-refractivity contribution < 1.29 is 14.4 Å². The summed E-state index contributed by atoms with van der Waals surface area (Å²) in [5, 5.41) is 0. The molecule has 0 bridgehead atoms. The van der Waals surface area contributed by atoms with Gasteiger partial charge in [-0.2, -0.15) is 5.48 Å². The molecular weight excluding hydrogens is 134 g/mol. The van der Waals surface area contributed by atoms with Gasteiger partial charge in [0, 0.05) is 0 Å². The number of amides is 1. The number of carbonyl (C=O) groups excluding carboxylic acids is 1. The van der Waals surface area contributed by atoms with Crippen LogP contribution in [0.1, 0.15) is 6.92 Å². The number of hydroxylamine groups is 1. The highest BCUT2D eigenvalue weighted by Gasteiger charge is 1.96. The number of rotatable bonds is 3. The number of nitrogens with one attached hydrogen (secondary N) is 1. The lowest BCUT2D eigenvalue weighted by molar-refractivity contribution is 0.0388. The van der Waals surface area contributed by atoms with Gasteiger partial charge in [0.05, 0.1) is 6.61 Å². The SMILES string of the molecule is C#CCOC(=O)NOCC. The molecule has 0 aliphatic heterocycles. The Balaban J connectivity index is 3.19. The number of terminal acetylenes is 1. The van der Waals surface area contributed by atoms with Gasteiger partial charge < -0.3 is 4.74 Å². The highest BCUT2D eigenvalue weighted by Crippen LogP contribution is 1.75. The maximum Gasteiger partial charge on any atom is 0.432 e. The zero-order valence-corrected chi connectivity index (χ0v) is 5.72. The molecule has 0 aromatic rings. The molecule has 1 amide bonds. The zero-order chi connectivity index (χ0) is 7.82. The second-order valence-corrected chi connectivity index (χ2v) is 1.32. The molecule has 0 aliphatic carbocycles. The highest BCUT2D eigenvalue weighted by molar-refractivity contribution is 5.65. The molecule has 0 aromatic carbocycles. The predicted molar refractivity (Wildman–Crippen MR) is 34.9 cm³/mol. The maximum atomic E-state index is 10.4. The molecular formula is C6H9NO3. The van der Waals surface area contributed by atoms with Crippen LogP contribution in [0.25, 0.3) is 0 Å². The first kappa shape index (κ1) is 8.79. The largest absolute Gasteiger partial charge is 0.435 e. The lowest BCUT2D eigenvalue weighted by atomic mass is 10.8. The Labute approximate surface area is 59.5 Å². The summed E-state index contributed by atoms with van der Waals surface area (Å²) in [4.78, 5) is 14.9. The molecule has 0 atom stereocenters. The van der Waals surface area contributed by atoms with E-state index in [0.29, 0.717) is 6.61 Å². The third-order valence-corrected chi connectivity index (χ3v) is 0.586. The van der Waals surface area contributed by atoms with Crippen molar-refractivity contribution in [1.82, 2.24) is 5.48 Å². The fourth-order valence-electron chi connectivity index (χ4n) is 0.268. The van der Waals surface area contributed by atoms with E-state index in [-0.39, 0.29) is 6.61 Å². The fourth-order valence-corrected chi connectivity index (χ4v) is 0.268. The van der Waals surface area contributed by atoms with Gasteiger partial charge in [-0.3, -0.25) is 4.84 Å². The molecule has 0 heterocycles. The number of hydrogen-bond acceptors (Lipinski definition) is 3. The fraction of sp³-hybridized carbons (Fsp3) is 0.500. The Hall–Kier alpha value is -1.21. The Bertz CT molecular complexity index is 138. The van der Waals surface area contributed by atoms with E-state index >= 15 is 0 Å². The monoisotopic (exact) mass is 143 g/mol. The Kier molecular flexibility index (Phi) is 5.20. The molecule has 0 saturated carbocycles. The second-order valence-electron chi connectivity index (χ2n) is 1.32. The van der Waals surface area contributed by atoms with Crippen molar-refractivity contribution in [3.8, 4) is 12.3 Å². The van der Waals surface area contributed by atoms with E-state index in [9.17, 15) is 4.79 Å². The molecule has 0 aromatic heterocycles. The van der Waals surface area contributed by atoms with Gasteiger partial charge in [-0.05, 0) is 6.92 Å². The summed E-state index contributed by atoms with van der Waals surface area (Å²) in [5.74, 6) is 2.14. The van der Waals surface area contributed by atoms with E-state index in [4.69, 9.17) is 6.42 Å². The van der Waals surface area contributed by atoms with Crippen LogP contribution in [0.15, 0.2) is 0 Å². The minimum absolute atomic E-state index is 0.0428. The first-order valence-corrected chi connectivity index (χ1v) is 2.79. The van der Waals surface area contributed by atoms with Crippen LogP contribution in [-0.2, 0) is 9.57 Å². The van der Waals surface area contributed by atoms with E-state index in [0.717, 1.165) is 0 Å². The number of ether oxygens (including phenoxy) is 1. The summed E-state index contributed by atoms with van der Waals surface area (Å²) in [7, 11) is 0. The van der Waals surface area contributed by atoms with Crippen molar-refractivity contribution in [2.75, 3.05) is 13.2 Å². The van der Waals surface area contributed by atoms with Gasteiger partial charge in [0.2, 0.25) is 0 Å².